The first kappa shape index (κ1) is 15.9. The van der Waals surface area contributed by atoms with E-state index in [1.54, 1.807) is 38.7 Å². The number of amides is 1. The number of benzene rings is 2. The summed E-state index contributed by atoms with van der Waals surface area (Å²) in [5, 5.41) is 2.87. The third-order valence-electron chi connectivity index (χ3n) is 3.76. The SMILES string of the molecule is COc1cc(NC(=O)CCc2ccc3nc[nH]c3c2)cc(OC)c1. The summed E-state index contributed by atoms with van der Waals surface area (Å²) in [6.07, 6.45) is 2.71. The molecule has 0 spiro atoms. The van der Waals surface area contributed by atoms with Gasteiger partial charge in [0, 0.05) is 30.3 Å². The van der Waals surface area contributed by atoms with Crippen LogP contribution in [0.15, 0.2) is 42.7 Å². The number of hydrogen-bond donors (Lipinski definition) is 2. The fraction of sp³-hybridized carbons (Fsp3) is 0.222. The second kappa shape index (κ2) is 7.04. The molecule has 1 heterocycles. The molecule has 6 nitrogen and oxygen atoms in total. The van der Waals surface area contributed by atoms with Crippen LogP contribution in [0, 0.1) is 0 Å². The molecule has 6 heteroatoms. The fourth-order valence-corrected chi connectivity index (χ4v) is 2.50. The first-order valence-corrected chi connectivity index (χ1v) is 7.63. The van der Waals surface area contributed by atoms with Crippen molar-refractivity contribution in [3.05, 3.63) is 48.3 Å². The Morgan fingerprint density at radius 2 is 1.88 bits per heavy atom. The van der Waals surface area contributed by atoms with Crippen molar-refractivity contribution < 1.29 is 14.3 Å². The number of nitrogens with one attached hydrogen (secondary N) is 2. The van der Waals surface area contributed by atoms with Crippen LogP contribution in [0.2, 0.25) is 0 Å². The number of methoxy groups -OCH3 is 2. The van der Waals surface area contributed by atoms with E-state index < -0.39 is 0 Å². The maximum absolute atomic E-state index is 12.2. The van der Waals surface area contributed by atoms with Crippen molar-refractivity contribution in [1.82, 2.24) is 9.97 Å². The lowest BCUT2D eigenvalue weighted by Crippen LogP contribution is -2.12. The number of fused-ring (bicyclic) bond motifs is 1. The summed E-state index contributed by atoms with van der Waals surface area (Å²) in [4.78, 5) is 19.4. The fourth-order valence-electron chi connectivity index (χ4n) is 2.50. The number of aromatic nitrogens is 2. The van der Waals surface area contributed by atoms with E-state index >= 15 is 0 Å². The van der Waals surface area contributed by atoms with Gasteiger partial charge < -0.3 is 19.8 Å². The molecule has 2 N–H and O–H groups in total. The van der Waals surface area contributed by atoms with Crippen molar-refractivity contribution in [1.29, 1.82) is 0 Å². The molecule has 3 rings (SSSR count). The predicted molar refractivity (Wildman–Crippen MR) is 92.6 cm³/mol. The van der Waals surface area contributed by atoms with E-state index in [0.717, 1.165) is 16.6 Å². The highest BCUT2D eigenvalue weighted by Crippen LogP contribution is 2.26. The molecule has 0 aliphatic heterocycles. The summed E-state index contributed by atoms with van der Waals surface area (Å²) in [5.74, 6) is 1.21. The number of hydrogen-bond acceptors (Lipinski definition) is 4. The molecule has 1 amide bonds. The third kappa shape index (κ3) is 3.65. The minimum absolute atomic E-state index is 0.0602. The molecule has 24 heavy (non-hydrogen) atoms. The van der Waals surface area contributed by atoms with Crippen LogP contribution in [0.5, 0.6) is 11.5 Å². The largest absolute Gasteiger partial charge is 0.497 e. The molecule has 0 fully saturated rings. The molecule has 0 aliphatic rings. The van der Waals surface area contributed by atoms with Crippen molar-refractivity contribution in [2.75, 3.05) is 19.5 Å². The van der Waals surface area contributed by atoms with Crippen LogP contribution in [0.3, 0.4) is 0 Å². The number of nitrogens with zero attached hydrogens (tertiary/aromatic N) is 1. The van der Waals surface area contributed by atoms with Crippen LogP contribution in [0.25, 0.3) is 11.0 Å². The van der Waals surface area contributed by atoms with Crippen molar-refractivity contribution >= 4 is 22.6 Å². The molecule has 2 aromatic carbocycles. The van der Waals surface area contributed by atoms with E-state index in [9.17, 15) is 4.79 Å². The molecule has 0 bridgehead atoms. The van der Waals surface area contributed by atoms with Gasteiger partial charge in [0.15, 0.2) is 0 Å². The van der Waals surface area contributed by atoms with Gasteiger partial charge in [-0.15, -0.1) is 0 Å². The normalized spacial score (nSPS) is 10.6. The van der Waals surface area contributed by atoms with Crippen molar-refractivity contribution in [2.45, 2.75) is 12.8 Å². The van der Waals surface area contributed by atoms with Gasteiger partial charge >= 0.3 is 0 Å². The first-order chi connectivity index (χ1) is 11.7. The van der Waals surface area contributed by atoms with Gasteiger partial charge in [-0.2, -0.15) is 0 Å². The van der Waals surface area contributed by atoms with E-state index in [-0.39, 0.29) is 5.91 Å². The lowest BCUT2D eigenvalue weighted by molar-refractivity contribution is -0.116. The highest BCUT2D eigenvalue weighted by atomic mass is 16.5. The quantitative estimate of drug-likeness (QED) is 0.730. The van der Waals surface area contributed by atoms with Gasteiger partial charge in [0.2, 0.25) is 5.91 Å². The molecular weight excluding hydrogens is 306 g/mol. The molecule has 124 valence electrons. The molecule has 1 aromatic heterocycles. The number of aromatic amines is 1. The van der Waals surface area contributed by atoms with Crippen molar-refractivity contribution in [2.24, 2.45) is 0 Å². The molecular formula is C18H19N3O3. The monoisotopic (exact) mass is 325 g/mol. The van der Waals surface area contributed by atoms with Gasteiger partial charge in [0.25, 0.3) is 0 Å². The number of ether oxygens (including phenoxy) is 2. The second-order valence-electron chi connectivity index (χ2n) is 5.40. The molecule has 0 radical (unpaired) electrons. The standard InChI is InChI=1S/C18H19N3O3/c1-23-14-8-13(9-15(10-14)24-2)21-18(22)6-4-12-3-5-16-17(7-12)20-11-19-16/h3,5,7-11H,4,6H2,1-2H3,(H,19,20)(H,21,22). The van der Waals surface area contributed by atoms with E-state index in [1.165, 1.54) is 0 Å². The Kier molecular flexibility index (Phi) is 4.65. The van der Waals surface area contributed by atoms with Crippen molar-refractivity contribution in [3.8, 4) is 11.5 Å². The summed E-state index contributed by atoms with van der Waals surface area (Å²) in [6.45, 7) is 0. The van der Waals surface area contributed by atoms with Gasteiger partial charge in [0.05, 0.1) is 31.6 Å². The smallest absolute Gasteiger partial charge is 0.224 e. The Morgan fingerprint density at radius 3 is 2.58 bits per heavy atom. The zero-order chi connectivity index (χ0) is 16.9. The summed E-state index contributed by atoms with van der Waals surface area (Å²) < 4.78 is 10.4. The van der Waals surface area contributed by atoms with Crippen LogP contribution >= 0.6 is 0 Å². The number of carbonyl (C=O) groups excluding carboxylic acids is 1. The topological polar surface area (TPSA) is 76.2 Å². The van der Waals surface area contributed by atoms with Gasteiger partial charge in [-0.1, -0.05) is 6.07 Å². The average molecular weight is 325 g/mol. The minimum Gasteiger partial charge on any atom is -0.497 e. The highest BCUT2D eigenvalue weighted by molar-refractivity contribution is 5.91. The Bertz CT molecular complexity index is 835. The molecule has 3 aromatic rings. The zero-order valence-electron chi connectivity index (χ0n) is 13.6. The van der Waals surface area contributed by atoms with Gasteiger partial charge in [-0.05, 0) is 24.1 Å². The zero-order valence-corrected chi connectivity index (χ0v) is 13.6. The molecule has 0 aliphatic carbocycles. The number of rotatable bonds is 6. The Labute approximate surface area is 139 Å². The lowest BCUT2D eigenvalue weighted by atomic mass is 10.1. The summed E-state index contributed by atoms with van der Waals surface area (Å²) in [6, 6.07) is 11.2. The average Bonchev–Trinajstić information content (AvgIpc) is 3.07. The third-order valence-corrected chi connectivity index (χ3v) is 3.76. The molecule has 0 unspecified atom stereocenters. The minimum atomic E-state index is -0.0602. The van der Waals surface area contributed by atoms with E-state index in [4.69, 9.17) is 9.47 Å². The van der Waals surface area contributed by atoms with Crippen LogP contribution in [-0.2, 0) is 11.2 Å². The van der Waals surface area contributed by atoms with Crippen LogP contribution in [0.1, 0.15) is 12.0 Å². The highest BCUT2D eigenvalue weighted by Gasteiger charge is 2.07. The van der Waals surface area contributed by atoms with Crippen LogP contribution in [0.4, 0.5) is 5.69 Å². The van der Waals surface area contributed by atoms with Crippen molar-refractivity contribution in [3.63, 3.8) is 0 Å². The van der Waals surface area contributed by atoms with Gasteiger partial charge in [0.1, 0.15) is 11.5 Å². The van der Waals surface area contributed by atoms with Gasteiger partial charge in [-0.3, -0.25) is 4.79 Å². The van der Waals surface area contributed by atoms with E-state index in [1.807, 2.05) is 18.2 Å². The summed E-state index contributed by atoms with van der Waals surface area (Å²) >= 11 is 0. The van der Waals surface area contributed by atoms with Gasteiger partial charge in [-0.25, -0.2) is 4.98 Å². The lowest BCUT2D eigenvalue weighted by Gasteiger charge is -2.10. The molecule has 0 atom stereocenters. The summed E-state index contributed by atoms with van der Waals surface area (Å²) in [7, 11) is 3.15. The van der Waals surface area contributed by atoms with Crippen LogP contribution in [-0.4, -0.2) is 30.1 Å². The number of carbonyl (C=O) groups is 1. The maximum Gasteiger partial charge on any atom is 0.224 e. The Hall–Kier alpha value is -3.02. The number of H-pyrrole nitrogens is 1. The second-order valence-corrected chi connectivity index (χ2v) is 5.40. The number of anilines is 1. The van der Waals surface area contributed by atoms with E-state index in [2.05, 4.69) is 15.3 Å². The predicted octanol–water partition coefficient (Wildman–Crippen LogP) is 3.15. The maximum atomic E-state index is 12.2. The Morgan fingerprint density at radius 1 is 1.12 bits per heavy atom. The molecule has 0 saturated carbocycles. The van der Waals surface area contributed by atoms with E-state index in [0.29, 0.717) is 30.0 Å². The Balaban J connectivity index is 1.62. The number of imidazole rings is 1. The molecule has 0 saturated heterocycles. The van der Waals surface area contributed by atoms with Crippen LogP contribution < -0.4 is 14.8 Å². The summed E-state index contributed by atoms with van der Waals surface area (Å²) in [5.41, 5.74) is 3.64. The number of aryl methyl sites for hydroxylation is 1. The first-order valence-electron chi connectivity index (χ1n) is 7.63.